The number of thiazole rings is 1. The van der Waals surface area contributed by atoms with E-state index in [4.69, 9.17) is 16.3 Å². The number of nitrogens with zero attached hydrogens (tertiary/aromatic N) is 3. The van der Waals surface area contributed by atoms with Crippen molar-refractivity contribution < 1.29 is 23.8 Å². The highest BCUT2D eigenvalue weighted by Gasteiger charge is 2.48. The highest BCUT2D eigenvalue weighted by atomic mass is 35.5. The standard InChI is InChI=1S/C29H25ClFN3O4S/c1-5-38-21-9-8-15(11-17(21)29(2,3)4)25(35)23-24(16-7-6-10-32-14-16)34(27(37)26(23)36)28-33-20-12-18(30)19(31)13-22(20)39-28/h6-14,24,35H,5H2,1-4H3/b25-23+. The number of aromatic nitrogens is 2. The van der Waals surface area contributed by atoms with Crippen molar-refractivity contribution in [1.82, 2.24) is 9.97 Å². The molecule has 4 aromatic rings. The van der Waals surface area contributed by atoms with Crippen molar-refractivity contribution in [3.63, 3.8) is 0 Å². The highest BCUT2D eigenvalue weighted by Crippen LogP contribution is 2.45. The van der Waals surface area contributed by atoms with E-state index in [2.05, 4.69) is 9.97 Å². The number of Topliss-reactive ketones (excluding diaryl/α,β-unsaturated/α-hetero) is 1. The van der Waals surface area contributed by atoms with Crippen LogP contribution < -0.4 is 9.64 Å². The van der Waals surface area contributed by atoms with Gasteiger partial charge < -0.3 is 9.84 Å². The Bertz CT molecular complexity index is 1610. The molecule has 3 heterocycles. The summed E-state index contributed by atoms with van der Waals surface area (Å²) in [5.74, 6) is -2.00. The van der Waals surface area contributed by atoms with E-state index in [-0.39, 0.29) is 26.9 Å². The predicted molar refractivity (Wildman–Crippen MR) is 150 cm³/mol. The number of aliphatic hydroxyl groups is 1. The summed E-state index contributed by atoms with van der Waals surface area (Å²) in [6.45, 7) is 8.42. The van der Waals surface area contributed by atoms with Crippen molar-refractivity contribution in [2.45, 2.75) is 39.2 Å². The average Bonchev–Trinajstić information content (AvgIpc) is 3.41. The zero-order chi connectivity index (χ0) is 28.1. The lowest BCUT2D eigenvalue weighted by atomic mass is 9.84. The van der Waals surface area contributed by atoms with Crippen LogP contribution in [0.5, 0.6) is 5.75 Å². The Morgan fingerprint density at radius 2 is 1.97 bits per heavy atom. The first-order valence-corrected chi connectivity index (χ1v) is 13.4. The molecular weight excluding hydrogens is 541 g/mol. The van der Waals surface area contributed by atoms with Crippen LogP contribution in [0.1, 0.15) is 50.4 Å². The maximum absolute atomic E-state index is 14.1. The van der Waals surface area contributed by atoms with Gasteiger partial charge in [-0.3, -0.25) is 19.5 Å². The summed E-state index contributed by atoms with van der Waals surface area (Å²) in [5.41, 5.74) is 1.67. The van der Waals surface area contributed by atoms with Crippen LogP contribution in [0.4, 0.5) is 9.52 Å². The van der Waals surface area contributed by atoms with Gasteiger partial charge in [-0.15, -0.1) is 0 Å². The van der Waals surface area contributed by atoms with E-state index in [1.807, 2.05) is 27.7 Å². The van der Waals surface area contributed by atoms with Gasteiger partial charge in [-0.2, -0.15) is 0 Å². The maximum Gasteiger partial charge on any atom is 0.301 e. The van der Waals surface area contributed by atoms with Gasteiger partial charge in [-0.05, 0) is 54.3 Å². The summed E-state index contributed by atoms with van der Waals surface area (Å²) >= 11 is 6.98. The van der Waals surface area contributed by atoms with Gasteiger partial charge in [0.15, 0.2) is 5.13 Å². The van der Waals surface area contributed by atoms with E-state index >= 15 is 0 Å². The topological polar surface area (TPSA) is 92.6 Å². The molecule has 2 aromatic heterocycles. The van der Waals surface area contributed by atoms with E-state index in [1.54, 1.807) is 36.5 Å². The Balaban J connectivity index is 1.71. The second-order valence-electron chi connectivity index (χ2n) is 10.1. The molecule has 1 aliphatic rings. The number of amides is 1. The van der Waals surface area contributed by atoms with Gasteiger partial charge in [0.05, 0.1) is 33.5 Å². The zero-order valence-corrected chi connectivity index (χ0v) is 23.2. The molecule has 10 heteroatoms. The Hall–Kier alpha value is -3.82. The number of hydrogen-bond donors (Lipinski definition) is 1. The second kappa shape index (κ2) is 10.1. The van der Waals surface area contributed by atoms with Crippen LogP contribution in [0.15, 0.2) is 60.4 Å². The molecule has 1 saturated heterocycles. The number of halogens is 2. The molecule has 0 saturated carbocycles. The molecule has 0 aliphatic carbocycles. The first-order valence-electron chi connectivity index (χ1n) is 12.3. The Morgan fingerprint density at radius 3 is 2.64 bits per heavy atom. The third kappa shape index (κ3) is 4.77. The van der Waals surface area contributed by atoms with Gasteiger partial charge in [0, 0.05) is 23.5 Å². The molecule has 0 bridgehead atoms. The van der Waals surface area contributed by atoms with E-state index in [9.17, 15) is 19.1 Å². The molecule has 2 aromatic carbocycles. The lowest BCUT2D eigenvalue weighted by Gasteiger charge is -2.24. The molecular formula is C29H25ClFN3O4S. The van der Waals surface area contributed by atoms with Crippen LogP contribution >= 0.6 is 22.9 Å². The Kier molecular flexibility index (Phi) is 6.90. The van der Waals surface area contributed by atoms with E-state index < -0.39 is 23.5 Å². The second-order valence-corrected chi connectivity index (χ2v) is 11.5. The molecule has 1 aliphatic heterocycles. The van der Waals surface area contributed by atoms with Crippen LogP contribution in [0.3, 0.4) is 0 Å². The maximum atomic E-state index is 14.1. The van der Waals surface area contributed by atoms with Crippen molar-refractivity contribution in [3.8, 4) is 5.75 Å². The minimum absolute atomic E-state index is 0.0968. The van der Waals surface area contributed by atoms with Crippen molar-refractivity contribution in [1.29, 1.82) is 0 Å². The van der Waals surface area contributed by atoms with Crippen molar-refractivity contribution >= 4 is 55.7 Å². The quantitative estimate of drug-likeness (QED) is 0.162. The summed E-state index contributed by atoms with van der Waals surface area (Å²) < 4.78 is 20.4. The van der Waals surface area contributed by atoms with Gasteiger partial charge >= 0.3 is 5.91 Å². The van der Waals surface area contributed by atoms with Gasteiger partial charge in [-0.25, -0.2) is 9.37 Å². The molecule has 1 N–H and O–H groups in total. The van der Waals surface area contributed by atoms with Crippen molar-refractivity contribution in [2.75, 3.05) is 11.5 Å². The van der Waals surface area contributed by atoms with Crippen molar-refractivity contribution in [3.05, 3.63) is 88.0 Å². The molecule has 39 heavy (non-hydrogen) atoms. The highest BCUT2D eigenvalue weighted by molar-refractivity contribution is 7.22. The number of aliphatic hydroxyl groups excluding tert-OH is 1. The van der Waals surface area contributed by atoms with Crippen LogP contribution in [0.25, 0.3) is 16.0 Å². The molecule has 1 unspecified atom stereocenters. The lowest BCUT2D eigenvalue weighted by molar-refractivity contribution is -0.132. The van der Waals surface area contributed by atoms with Crippen molar-refractivity contribution in [2.24, 2.45) is 0 Å². The normalized spacial score (nSPS) is 17.3. The monoisotopic (exact) mass is 565 g/mol. The third-order valence-corrected chi connectivity index (χ3v) is 7.74. The number of benzene rings is 2. The van der Waals surface area contributed by atoms with Crippen LogP contribution in [0.2, 0.25) is 5.02 Å². The van der Waals surface area contributed by atoms with E-state index in [0.717, 1.165) is 16.9 Å². The summed E-state index contributed by atoms with van der Waals surface area (Å²) in [4.78, 5) is 36.8. The molecule has 1 amide bonds. The summed E-state index contributed by atoms with van der Waals surface area (Å²) in [5, 5.41) is 11.6. The SMILES string of the molecule is CCOc1ccc(/C(O)=C2\C(=O)C(=O)N(c3nc4cc(Cl)c(F)cc4s3)C2c2cccnc2)cc1C(C)(C)C. The molecule has 1 atom stereocenters. The smallest absolute Gasteiger partial charge is 0.301 e. The molecule has 1 fully saturated rings. The van der Waals surface area contributed by atoms with E-state index in [0.29, 0.717) is 33.7 Å². The summed E-state index contributed by atoms with van der Waals surface area (Å²) in [7, 11) is 0. The molecule has 200 valence electrons. The van der Waals surface area contributed by atoms with Crippen LogP contribution in [-0.2, 0) is 15.0 Å². The number of anilines is 1. The fourth-order valence-corrected chi connectivity index (χ4v) is 5.75. The summed E-state index contributed by atoms with van der Waals surface area (Å²) in [6.07, 6.45) is 3.10. The zero-order valence-electron chi connectivity index (χ0n) is 21.7. The van der Waals surface area contributed by atoms with Gasteiger partial charge in [-0.1, -0.05) is 49.8 Å². The molecule has 0 spiro atoms. The number of hydrogen-bond acceptors (Lipinski definition) is 7. The summed E-state index contributed by atoms with van der Waals surface area (Å²) in [6, 6.07) is 10.2. The number of pyridine rings is 1. The number of carbonyl (C=O) groups is 2. The van der Waals surface area contributed by atoms with Crippen LogP contribution in [-0.4, -0.2) is 33.4 Å². The van der Waals surface area contributed by atoms with Gasteiger partial charge in [0.2, 0.25) is 0 Å². The number of ether oxygens (including phenoxy) is 1. The lowest BCUT2D eigenvalue weighted by Crippen LogP contribution is -2.29. The number of rotatable bonds is 5. The predicted octanol–water partition coefficient (Wildman–Crippen LogP) is 6.81. The van der Waals surface area contributed by atoms with E-state index in [1.165, 1.54) is 23.2 Å². The largest absolute Gasteiger partial charge is 0.507 e. The third-order valence-electron chi connectivity index (χ3n) is 6.43. The Morgan fingerprint density at radius 1 is 1.21 bits per heavy atom. The van der Waals surface area contributed by atoms with Gasteiger partial charge in [0.1, 0.15) is 17.3 Å². The molecule has 0 radical (unpaired) electrons. The molecule has 7 nitrogen and oxygen atoms in total. The molecule has 5 rings (SSSR count). The fourth-order valence-electron chi connectivity index (χ4n) is 4.60. The first-order chi connectivity index (χ1) is 18.5. The fraction of sp³-hybridized carbons (Fsp3) is 0.241. The van der Waals surface area contributed by atoms with Crippen LogP contribution in [0, 0.1) is 5.82 Å². The minimum Gasteiger partial charge on any atom is -0.507 e. The van der Waals surface area contributed by atoms with Gasteiger partial charge in [0.25, 0.3) is 5.78 Å². The first kappa shape index (κ1) is 26.8. The number of carbonyl (C=O) groups excluding carboxylic acids is 2. The minimum atomic E-state index is -1.01. The number of ketones is 1. The average molecular weight is 566 g/mol. The number of fused-ring (bicyclic) bond motifs is 1. The Labute approximate surface area is 233 Å².